The van der Waals surface area contributed by atoms with Gasteiger partial charge >= 0.3 is 10.1 Å². The molecule has 0 fully saturated rings. The van der Waals surface area contributed by atoms with Crippen molar-refractivity contribution in [2.24, 2.45) is 0 Å². The first-order valence-corrected chi connectivity index (χ1v) is 4.88. The van der Waals surface area contributed by atoms with E-state index < -0.39 is 10.1 Å². The standard InChI is InChI=1S/C6H10N2O3S.ClH/c1-5(2)8-4-3-6(7-8)12(9,10)11;/h3-5H,1-2H3,(H,9,10,11);1H. The fourth-order valence-corrected chi connectivity index (χ4v) is 1.18. The smallest absolute Gasteiger partial charge is 0.281 e. The first kappa shape index (κ1) is 12.4. The maximum atomic E-state index is 10.5. The lowest BCUT2D eigenvalue weighted by Crippen LogP contribution is -2.04. The van der Waals surface area contributed by atoms with Gasteiger partial charge in [0.25, 0.3) is 0 Å². The van der Waals surface area contributed by atoms with E-state index in [1.807, 2.05) is 13.8 Å². The third kappa shape index (κ3) is 2.98. The Labute approximate surface area is 82.9 Å². The Bertz CT molecular complexity index is 371. The SMILES string of the molecule is CC(C)n1ccc(S(=O)(=O)O)n1.Cl. The lowest BCUT2D eigenvalue weighted by molar-refractivity contribution is 0.468. The molecule has 1 aromatic rings. The lowest BCUT2D eigenvalue weighted by atomic mass is 10.4. The molecule has 0 atom stereocenters. The van der Waals surface area contributed by atoms with Gasteiger partial charge in [0.2, 0.25) is 5.03 Å². The number of rotatable bonds is 2. The fraction of sp³-hybridized carbons (Fsp3) is 0.500. The van der Waals surface area contributed by atoms with Gasteiger partial charge in [0.15, 0.2) is 0 Å². The molecule has 1 N–H and O–H groups in total. The minimum Gasteiger partial charge on any atom is -0.281 e. The predicted octanol–water partition coefficient (Wildman–Crippen LogP) is 1.13. The van der Waals surface area contributed by atoms with Crippen LogP contribution in [-0.4, -0.2) is 22.8 Å². The van der Waals surface area contributed by atoms with Crippen LogP contribution in [0.3, 0.4) is 0 Å². The van der Waals surface area contributed by atoms with Crippen molar-refractivity contribution in [1.29, 1.82) is 0 Å². The average molecular weight is 227 g/mol. The maximum absolute atomic E-state index is 10.5. The zero-order valence-corrected chi connectivity index (χ0v) is 8.84. The Morgan fingerprint density at radius 1 is 1.54 bits per heavy atom. The van der Waals surface area contributed by atoms with Gasteiger partial charge in [-0.15, -0.1) is 12.4 Å². The van der Waals surface area contributed by atoms with Crippen molar-refractivity contribution >= 4 is 22.5 Å². The molecule has 0 unspecified atom stereocenters. The van der Waals surface area contributed by atoms with Gasteiger partial charge in [0.1, 0.15) is 0 Å². The van der Waals surface area contributed by atoms with Crippen LogP contribution in [0.2, 0.25) is 0 Å². The molecule has 1 heterocycles. The van der Waals surface area contributed by atoms with Gasteiger partial charge in [-0.2, -0.15) is 13.5 Å². The minimum atomic E-state index is -4.15. The Kier molecular flexibility index (Phi) is 3.89. The van der Waals surface area contributed by atoms with Gasteiger partial charge < -0.3 is 0 Å². The van der Waals surface area contributed by atoms with Gasteiger partial charge in [-0.25, -0.2) is 0 Å². The molecule has 0 aliphatic heterocycles. The Balaban J connectivity index is 0.00000144. The van der Waals surface area contributed by atoms with Gasteiger partial charge in [-0.1, -0.05) is 0 Å². The van der Waals surface area contributed by atoms with E-state index in [0.29, 0.717) is 0 Å². The van der Waals surface area contributed by atoms with Crippen molar-refractivity contribution in [3.8, 4) is 0 Å². The molecule has 0 spiro atoms. The highest BCUT2D eigenvalue weighted by atomic mass is 35.5. The molecule has 1 rings (SSSR count). The van der Waals surface area contributed by atoms with Crippen LogP contribution in [0.1, 0.15) is 19.9 Å². The van der Waals surface area contributed by atoms with Crippen molar-refractivity contribution < 1.29 is 13.0 Å². The highest BCUT2D eigenvalue weighted by Gasteiger charge is 2.13. The maximum Gasteiger partial charge on any atom is 0.313 e. The van der Waals surface area contributed by atoms with Crippen molar-refractivity contribution in [3.05, 3.63) is 12.3 Å². The van der Waals surface area contributed by atoms with E-state index >= 15 is 0 Å². The summed E-state index contributed by atoms with van der Waals surface area (Å²) >= 11 is 0. The predicted molar refractivity (Wildman–Crippen MR) is 49.7 cm³/mol. The molecule has 0 bridgehead atoms. The van der Waals surface area contributed by atoms with Crippen molar-refractivity contribution in [2.45, 2.75) is 24.9 Å². The van der Waals surface area contributed by atoms with Crippen LogP contribution in [0.5, 0.6) is 0 Å². The first-order chi connectivity index (χ1) is 5.41. The lowest BCUT2D eigenvalue weighted by Gasteiger charge is -2.02. The first-order valence-electron chi connectivity index (χ1n) is 3.44. The van der Waals surface area contributed by atoms with Gasteiger partial charge in [-0.3, -0.25) is 9.23 Å². The quantitative estimate of drug-likeness (QED) is 0.768. The molecule has 76 valence electrons. The van der Waals surface area contributed by atoms with Crippen molar-refractivity contribution in [1.82, 2.24) is 9.78 Å². The minimum absolute atomic E-state index is 0. The molecule has 0 radical (unpaired) electrons. The largest absolute Gasteiger partial charge is 0.313 e. The van der Waals surface area contributed by atoms with Gasteiger partial charge in [0.05, 0.1) is 0 Å². The third-order valence-corrected chi connectivity index (χ3v) is 2.12. The monoisotopic (exact) mass is 226 g/mol. The van der Waals surface area contributed by atoms with E-state index in [2.05, 4.69) is 5.10 Å². The van der Waals surface area contributed by atoms with Crippen LogP contribution in [0.4, 0.5) is 0 Å². The van der Waals surface area contributed by atoms with Crippen LogP contribution in [0.25, 0.3) is 0 Å². The number of aromatic nitrogens is 2. The summed E-state index contributed by atoms with van der Waals surface area (Å²) in [6.45, 7) is 3.72. The van der Waals surface area contributed by atoms with E-state index in [9.17, 15) is 8.42 Å². The Hall–Kier alpha value is -0.590. The second-order valence-electron chi connectivity index (χ2n) is 2.70. The summed E-state index contributed by atoms with van der Waals surface area (Å²) in [6, 6.07) is 1.34. The van der Waals surface area contributed by atoms with E-state index in [1.165, 1.54) is 16.9 Å². The number of hydrogen-bond donors (Lipinski definition) is 1. The zero-order valence-electron chi connectivity index (χ0n) is 7.21. The second-order valence-corrected chi connectivity index (χ2v) is 4.07. The average Bonchev–Trinajstić information content (AvgIpc) is 2.30. The summed E-state index contributed by atoms with van der Waals surface area (Å²) in [4.78, 5) is 0. The molecule has 7 heteroatoms. The third-order valence-electron chi connectivity index (χ3n) is 1.38. The summed E-state index contributed by atoms with van der Waals surface area (Å²) in [5.41, 5.74) is 0. The highest BCUT2D eigenvalue weighted by Crippen LogP contribution is 2.08. The topological polar surface area (TPSA) is 72.2 Å². The van der Waals surface area contributed by atoms with Crippen molar-refractivity contribution in [2.75, 3.05) is 0 Å². The summed E-state index contributed by atoms with van der Waals surface area (Å²) in [5, 5.41) is 3.35. The van der Waals surface area contributed by atoms with Crippen LogP contribution in [0.15, 0.2) is 17.3 Å². The van der Waals surface area contributed by atoms with E-state index in [4.69, 9.17) is 4.55 Å². The van der Waals surface area contributed by atoms with Crippen LogP contribution >= 0.6 is 12.4 Å². The zero-order chi connectivity index (χ0) is 9.35. The van der Waals surface area contributed by atoms with Crippen LogP contribution in [-0.2, 0) is 10.1 Å². The van der Waals surface area contributed by atoms with E-state index in [0.717, 1.165) is 0 Å². The van der Waals surface area contributed by atoms with Crippen LogP contribution in [0, 0.1) is 0 Å². The molecule has 0 amide bonds. The summed E-state index contributed by atoms with van der Waals surface area (Å²) < 4.78 is 31.1. The molecule has 5 nitrogen and oxygen atoms in total. The molecule has 0 aliphatic rings. The number of nitrogens with zero attached hydrogens (tertiary/aromatic N) is 2. The number of halogens is 1. The Morgan fingerprint density at radius 2 is 2.08 bits per heavy atom. The summed E-state index contributed by atoms with van der Waals surface area (Å²) in [6.07, 6.45) is 1.51. The van der Waals surface area contributed by atoms with Gasteiger partial charge in [-0.05, 0) is 19.9 Å². The summed E-state index contributed by atoms with van der Waals surface area (Å²) in [5.74, 6) is 0. The normalized spacial score (nSPS) is 11.4. The van der Waals surface area contributed by atoms with Crippen molar-refractivity contribution in [3.63, 3.8) is 0 Å². The fourth-order valence-electron chi connectivity index (χ4n) is 0.746. The molecule has 0 saturated heterocycles. The molecule has 0 aliphatic carbocycles. The number of hydrogen-bond acceptors (Lipinski definition) is 3. The summed E-state index contributed by atoms with van der Waals surface area (Å²) in [7, 11) is -4.15. The molecule has 13 heavy (non-hydrogen) atoms. The second kappa shape index (κ2) is 4.08. The molecule has 1 aromatic heterocycles. The van der Waals surface area contributed by atoms with Crippen LogP contribution < -0.4 is 0 Å². The molecular formula is C6H11ClN2O3S. The van der Waals surface area contributed by atoms with E-state index in [1.54, 1.807) is 0 Å². The molecular weight excluding hydrogens is 216 g/mol. The highest BCUT2D eigenvalue weighted by molar-refractivity contribution is 7.85. The Morgan fingerprint density at radius 3 is 2.31 bits per heavy atom. The van der Waals surface area contributed by atoms with E-state index in [-0.39, 0.29) is 23.5 Å². The molecule has 0 aromatic carbocycles. The van der Waals surface area contributed by atoms with Gasteiger partial charge in [0, 0.05) is 12.2 Å². The molecule has 0 saturated carbocycles.